The van der Waals surface area contributed by atoms with Crippen molar-refractivity contribution in [2.45, 2.75) is 58.0 Å². The van der Waals surface area contributed by atoms with Gasteiger partial charge in [-0.1, -0.05) is 24.3 Å². The normalized spacial score (nSPS) is 28.1. The molecular formula is C28H32N4O2. The average Bonchev–Trinajstić information content (AvgIpc) is 3.26. The minimum atomic E-state index is -0.237. The van der Waals surface area contributed by atoms with Crippen LogP contribution in [0.4, 0.5) is 0 Å². The number of amides is 2. The summed E-state index contributed by atoms with van der Waals surface area (Å²) in [5.74, 6) is 3.12. The highest BCUT2D eigenvalue weighted by atomic mass is 16.2. The van der Waals surface area contributed by atoms with Crippen LogP contribution >= 0.6 is 0 Å². The van der Waals surface area contributed by atoms with E-state index in [0.29, 0.717) is 12.1 Å². The number of nitrogens with zero attached hydrogens (tertiary/aromatic N) is 1. The Bertz CT molecular complexity index is 1160. The van der Waals surface area contributed by atoms with E-state index >= 15 is 0 Å². The van der Waals surface area contributed by atoms with Crippen LogP contribution < -0.4 is 10.6 Å². The number of aromatic nitrogens is 2. The third kappa shape index (κ3) is 3.89. The Balaban J connectivity index is 1.05. The van der Waals surface area contributed by atoms with E-state index in [9.17, 15) is 9.59 Å². The minimum Gasteiger partial charge on any atom is -0.352 e. The second-order valence-corrected chi connectivity index (χ2v) is 10.9. The molecule has 4 fully saturated rings. The lowest BCUT2D eigenvalue weighted by atomic mass is 9.49. The summed E-state index contributed by atoms with van der Waals surface area (Å²) in [7, 11) is 0. The van der Waals surface area contributed by atoms with Gasteiger partial charge in [-0.05, 0) is 93.0 Å². The smallest absolute Gasteiger partial charge is 0.251 e. The number of H-pyrrole nitrogens is 1. The highest BCUT2D eigenvalue weighted by Crippen LogP contribution is 2.60. The molecule has 0 aliphatic heterocycles. The quantitative estimate of drug-likeness (QED) is 0.494. The predicted octanol–water partition coefficient (Wildman–Crippen LogP) is 4.89. The van der Waals surface area contributed by atoms with Crippen LogP contribution in [0.3, 0.4) is 0 Å². The number of imidazole rings is 1. The number of nitrogens with one attached hydrogen (secondary N) is 3. The summed E-state index contributed by atoms with van der Waals surface area (Å²) in [6, 6.07) is 15.1. The highest BCUT2D eigenvalue weighted by molar-refractivity contribution is 5.94. The number of fused-ring (bicyclic) bond motifs is 1. The fourth-order valence-corrected chi connectivity index (χ4v) is 7.06. The molecule has 4 bridgehead atoms. The topological polar surface area (TPSA) is 86.9 Å². The molecule has 34 heavy (non-hydrogen) atoms. The summed E-state index contributed by atoms with van der Waals surface area (Å²) in [5, 5.41) is 6.23. The SMILES string of the molecule is CC(NC(=O)c1ccc(CNC(=O)C23CC4CC(CC(C4)C2)C3)cc1)c1nc2ccccc2[nH]1. The molecule has 4 saturated carbocycles. The Morgan fingerprint density at radius 2 is 1.65 bits per heavy atom. The van der Waals surface area contributed by atoms with Gasteiger partial charge in [-0.2, -0.15) is 0 Å². The molecule has 3 N–H and O–H groups in total. The number of aromatic amines is 1. The molecule has 2 aromatic carbocycles. The van der Waals surface area contributed by atoms with Gasteiger partial charge in [-0.15, -0.1) is 0 Å². The van der Waals surface area contributed by atoms with Crippen molar-refractivity contribution in [3.05, 3.63) is 65.5 Å². The summed E-state index contributed by atoms with van der Waals surface area (Å²) in [6.45, 7) is 2.43. The summed E-state index contributed by atoms with van der Waals surface area (Å²) >= 11 is 0. The number of carbonyl (C=O) groups excluding carboxylic acids is 2. The molecule has 0 saturated heterocycles. The zero-order chi connectivity index (χ0) is 23.3. The molecule has 1 atom stereocenters. The molecule has 4 aliphatic rings. The number of rotatable bonds is 6. The van der Waals surface area contributed by atoms with Crippen molar-refractivity contribution in [2.24, 2.45) is 23.2 Å². The zero-order valence-corrected chi connectivity index (χ0v) is 19.6. The van der Waals surface area contributed by atoms with E-state index in [1.54, 1.807) is 0 Å². The lowest BCUT2D eigenvalue weighted by molar-refractivity contribution is -0.146. The maximum absolute atomic E-state index is 13.2. The van der Waals surface area contributed by atoms with Crippen LogP contribution in [0.2, 0.25) is 0 Å². The van der Waals surface area contributed by atoms with E-state index in [1.807, 2.05) is 55.5 Å². The molecule has 4 aliphatic carbocycles. The Kier molecular flexibility index (Phi) is 5.19. The van der Waals surface area contributed by atoms with Crippen molar-refractivity contribution in [3.8, 4) is 0 Å². The standard InChI is InChI=1S/C28H32N4O2/c1-17(25-31-23-4-2-3-5-24(23)32-25)30-26(33)22-8-6-18(7-9-22)16-29-27(34)28-13-19-10-20(14-28)12-21(11-19)15-28/h2-9,17,19-21H,10-16H2,1H3,(H,29,34)(H,30,33)(H,31,32). The molecule has 176 valence electrons. The van der Waals surface area contributed by atoms with E-state index in [1.165, 1.54) is 19.3 Å². The molecule has 0 radical (unpaired) electrons. The van der Waals surface area contributed by atoms with Gasteiger partial charge in [0.05, 0.1) is 17.1 Å². The van der Waals surface area contributed by atoms with Crippen LogP contribution in [0.5, 0.6) is 0 Å². The van der Waals surface area contributed by atoms with Crippen molar-refractivity contribution in [1.29, 1.82) is 0 Å². The van der Waals surface area contributed by atoms with E-state index in [4.69, 9.17) is 0 Å². The Morgan fingerprint density at radius 3 is 2.29 bits per heavy atom. The molecule has 7 rings (SSSR count). The summed E-state index contributed by atoms with van der Waals surface area (Å²) in [6.07, 6.45) is 7.25. The first kappa shape index (κ1) is 21.4. The molecule has 3 aromatic rings. The fraction of sp³-hybridized carbons (Fsp3) is 0.464. The predicted molar refractivity (Wildman–Crippen MR) is 131 cm³/mol. The molecular weight excluding hydrogens is 424 g/mol. The van der Waals surface area contributed by atoms with Crippen molar-refractivity contribution in [3.63, 3.8) is 0 Å². The first-order valence-corrected chi connectivity index (χ1v) is 12.6. The number of benzene rings is 2. The molecule has 1 heterocycles. The summed E-state index contributed by atoms with van der Waals surface area (Å²) in [4.78, 5) is 33.8. The largest absolute Gasteiger partial charge is 0.352 e. The lowest BCUT2D eigenvalue weighted by Gasteiger charge is -2.55. The second kappa shape index (κ2) is 8.26. The number of para-hydroxylation sites is 2. The van der Waals surface area contributed by atoms with Crippen LogP contribution in [0, 0.1) is 23.2 Å². The van der Waals surface area contributed by atoms with Gasteiger partial charge in [0.15, 0.2) is 0 Å². The second-order valence-electron chi connectivity index (χ2n) is 10.9. The molecule has 1 aromatic heterocycles. The van der Waals surface area contributed by atoms with Crippen LogP contribution in [0.15, 0.2) is 48.5 Å². The maximum Gasteiger partial charge on any atom is 0.251 e. The number of hydrogen-bond donors (Lipinski definition) is 3. The Labute approximate surface area is 199 Å². The molecule has 2 amide bonds. The number of carbonyl (C=O) groups is 2. The Morgan fingerprint density at radius 1 is 1.00 bits per heavy atom. The molecule has 0 spiro atoms. The van der Waals surface area contributed by atoms with Crippen molar-refractivity contribution in [2.75, 3.05) is 0 Å². The maximum atomic E-state index is 13.2. The monoisotopic (exact) mass is 456 g/mol. The van der Waals surface area contributed by atoms with E-state index < -0.39 is 0 Å². The van der Waals surface area contributed by atoms with E-state index in [0.717, 1.165) is 59.4 Å². The van der Waals surface area contributed by atoms with Gasteiger partial charge >= 0.3 is 0 Å². The van der Waals surface area contributed by atoms with Crippen molar-refractivity contribution >= 4 is 22.8 Å². The summed E-state index contributed by atoms with van der Waals surface area (Å²) < 4.78 is 0. The van der Waals surface area contributed by atoms with Gasteiger partial charge < -0.3 is 15.6 Å². The minimum absolute atomic E-state index is 0.124. The van der Waals surface area contributed by atoms with Crippen LogP contribution in [-0.2, 0) is 11.3 Å². The third-order valence-electron chi connectivity index (χ3n) is 8.35. The number of hydrogen-bond acceptors (Lipinski definition) is 3. The van der Waals surface area contributed by atoms with Gasteiger partial charge in [0, 0.05) is 17.5 Å². The van der Waals surface area contributed by atoms with Gasteiger partial charge in [-0.3, -0.25) is 9.59 Å². The first-order valence-electron chi connectivity index (χ1n) is 12.6. The van der Waals surface area contributed by atoms with Crippen molar-refractivity contribution < 1.29 is 9.59 Å². The van der Waals surface area contributed by atoms with Crippen LogP contribution in [0.1, 0.15) is 73.2 Å². The zero-order valence-electron chi connectivity index (χ0n) is 19.6. The third-order valence-corrected chi connectivity index (χ3v) is 8.35. The van der Waals surface area contributed by atoms with E-state index in [-0.39, 0.29) is 23.3 Å². The van der Waals surface area contributed by atoms with Gasteiger partial charge in [-0.25, -0.2) is 4.98 Å². The van der Waals surface area contributed by atoms with Crippen LogP contribution in [0.25, 0.3) is 11.0 Å². The first-order chi connectivity index (χ1) is 16.5. The molecule has 1 unspecified atom stereocenters. The fourth-order valence-electron chi connectivity index (χ4n) is 7.06. The van der Waals surface area contributed by atoms with Crippen molar-refractivity contribution in [1.82, 2.24) is 20.6 Å². The molecule has 6 nitrogen and oxygen atoms in total. The van der Waals surface area contributed by atoms with Crippen LogP contribution in [-0.4, -0.2) is 21.8 Å². The summed E-state index contributed by atoms with van der Waals surface area (Å²) in [5.41, 5.74) is 3.33. The van der Waals surface area contributed by atoms with Gasteiger partial charge in [0.25, 0.3) is 5.91 Å². The Hall–Kier alpha value is -3.15. The van der Waals surface area contributed by atoms with Gasteiger partial charge in [0.2, 0.25) is 5.91 Å². The lowest BCUT2D eigenvalue weighted by Crippen LogP contribution is -2.53. The average molecular weight is 457 g/mol. The molecule has 6 heteroatoms. The highest BCUT2D eigenvalue weighted by Gasteiger charge is 2.54. The van der Waals surface area contributed by atoms with Gasteiger partial charge in [0.1, 0.15) is 5.82 Å². The van der Waals surface area contributed by atoms with E-state index in [2.05, 4.69) is 20.6 Å².